The van der Waals surface area contributed by atoms with E-state index in [4.69, 9.17) is 9.15 Å². The van der Waals surface area contributed by atoms with Crippen LogP contribution in [-0.4, -0.2) is 19.7 Å². The van der Waals surface area contributed by atoms with Gasteiger partial charge in [-0.1, -0.05) is 0 Å². The molecule has 0 fully saturated rings. The zero-order chi connectivity index (χ0) is 11.5. The van der Waals surface area contributed by atoms with Crippen molar-refractivity contribution in [1.82, 2.24) is 0 Å². The molecule has 1 heterocycles. The number of esters is 1. The molecule has 0 unspecified atom stereocenters. The van der Waals surface area contributed by atoms with E-state index in [0.29, 0.717) is 28.9 Å². The molecule has 0 aliphatic heterocycles. The predicted octanol–water partition coefficient (Wildman–Crippen LogP) is 2.62. The van der Waals surface area contributed by atoms with E-state index in [2.05, 4.69) is 4.74 Å². The Hall–Kier alpha value is -1.97. The molecule has 2 aromatic rings. The van der Waals surface area contributed by atoms with Gasteiger partial charge in [-0.3, -0.25) is 0 Å². The van der Waals surface area contributed by atoms with Gasteiger partial charge in [0.2, 0.25) is 0 Å². The fourth-order valence-corrected chi connectivity index (χ4v) is 1.53. The lowest BCUT2D eigenvalue weighted by atomic mass is 10.2. The summed E-state index contributed by atoms with van der Waals surface area (Å²) in [4.78, 5) is 11.4. The Bertz CT molecular complexity index is 513. The van der Waals surface area contributed by atoms with Gasteiger partial charge in [-0.05, 0) is 25.1 Å². The van der Waals surface area contributed by atoms with Crippen molar-refractivity contribution in [3.05, 3.63) is 30.0 Å². The number of methoxy groups -OCH3 is 1. The lowest BCUT2D eigenvalue weighted by Crippen LogP contribution is -1.99. The van der Waals surface area contributed by atoms with Gasteiger partial charge in [0, 0.05) is 5.39 Å². The molecule has 2 rings (SSSR count). The number of hydrogen-bond acceptors (Lipinski definition) is 4. The number of fused-ring (bicyclic) bond motifs is 1. The van der Waals surface area contributed by atoms with E-state index in [9.17, 15) is 4.79 Å². The van der Waals surface area contributed by atoms with Crippen molar-refractivity contribution in [2.45, 2.75) is 6.92 Å². The summed E-state index contributed by atoms with van der Waals surface area (Å²) in [6.45, 7) is 2.48. The van der Waals surface area contributed by atoms with E-state index in [1.54, 1.807) is 18.2 Å². The van der Waals surface area contributed by atoms with Crippen LogP contribution in [0.5, 0.6) is 5.75 Å². The highest BCUT2D eigenvalue weighted by atomic mass is 16.5. The molecule has 0 aliphatic carbocycles. The number of ether oxygens (including phenoxy) is 2. The smallest absolute Gasteiger partial charge is 0.341 e. The molecule has 0 saturated heterocycles. The number of carbonyl (C=O) groups is 1. The van der Waals surface area contributed by atoms with Gasteiger partial charge < -0.3 is 13.9 Å². The average Bonchev–Trinajstić information content (AvgIpc) is 2.71. The van der Waals surface area contributed by atoms with E-state index in [-0.39, 0.29) is 0 Å². The molecule has 84 valence electrons. The van der Waals surface area contributed by atoms with Gasteiger partial charge in [0.15, 0.2) is 0 Å². The number of benzene rings is 1. The molecular weight excluding hydrogens is 208 g/mol. The van der Waals surface area contributed by atoms with Gasteiger partial charge in [0.25, 0.3) is 0 Å². The van der Waals surface area contributed by atoms with Crippen LogP contribution in [-0.2, 0) is 4.74 Å². The van der Waals surface area contributed by atoms with Crippen LogP contribution in [0.1, 0.15) is 17.3 Å². The first-order chi connectivity index (χ1) is 7.76. The molecule has 0 spiro atoms. The highest BCUT2D eigenvalue weighted by molar-refractivity contribution is 6.03. The molecule has 0 aliphatic rings. The summed E-state index contributed by atoms with van der Waals surface area (Å²) < 4.78 is 15.3. The maximum absolute atomic E-state index is 11.4. The molecule has 1 aromatic carbocycles. The van der Waals surface area contributed by atoms with Gasteiger partial charge in [0.05, 0.1) is 13.7 Å². The summed E-state index contributed by atoms with van der Waals surface area (Å²) in [5, 5.41) is 0.706. The van der Waals surface area contributed by atoms with Crippen LogP contribution in [0.2, 0.25) is 0 Å². The summed E-state index contributed by atoms with van der Waals surface area (Å²) in [6.07, 6.45) is 1.40. The van der Waals surface area contributed by atoms with Gasteiger partial charge in [-0.15, -0.1) is 0 Å². The molecular formula is C12H12O4. The van der Waals surface area contributed by atoms with Gasteiger partial charge in [-0.2, -0.15) is 0 Å². The summed E-state index contributed by atoms with van der Waals surface area (Å²) in [5.41, 5.74) is 1.06. The zero-order valence-corrected chi connectivity index (χ0v) is 9.15. The minimum absolute atomic E-state index is 0.410. The number of furan rings is 1. The first kappa shape index (κ1) is 10.5. The largest absolute Gasteiger partial charge is 0.494 e. The molecule has 0 atom stereocenters. The van der Waals surface area contributed by atoms with Crippen LogP contribution < -0.4 is 4.74 Å². The lowest BCUT2D eigenvalue weighted by Gasteiger charge is -2.02. The normalized spacial score (nSPS) is 10.4. The molecule has 4 nitrogen and oxygen atoms in total. The standard InChI is InChI=1S/C12H12O4/c1-3-15-8-4-5-11-9(6-8)10(7-16-11)12(13)14-2/h4-7H,3H2,1-2H3. The number of rotatable bonds is 3. The second kappa shape index (κ2) is 4.26. The van der Waals surface area contributed by atoms with E-state index in [1.165, 1.54) is 13.4 Å². The molecule has 16 heavy (non-hydrogen) atoms. The number of carbonyl (C=O) groups excluding carboxylic acids is 1. The second-order valence-electron chi connectivity index (χ2n) is 3.23. The maximum atomic E-state index is 11.4. The Morgan fingerprint density at radius 2 is 2.25 bits per heavy atom. The average molecular weight is 220 g/mol. The molecule has 0 radical (unpaired) electrons. The van der Waals surface area contributed by atoms with Crippen LogP contribution in [0.4, 0.5) is 0 Å². The summed E-state index contributed by atoms with van der Waals surface area (Å²) in [6, 6.07) is 5.34. The highest BCUT2D eigenvalue weighted by Gasteiger charge is 2.14. The van der Waals surface area contributed by atoms with E-state index in [1.807, 2.05) is 6.92 Å². The minimum atomic E-state index is -0.410. The zero-order valence-electron chi connectivity index (χ0n) is 9.15. The summed E-state index contributed by atoms with van der Waals surface area (Å²) in [7, 11) is 1.34. The van der Waals surface area contributed by atoms with Crippen LogP contribution in [0.15, 0.2) is 28.9 Å². The lowest BCUT2D eigenvalue weighted by molar-refractivity contribution is 0.0602. The highest BCUT2D eigenvalue weighted by Crippen LogP contribution is 2.26. The molecule has 0 bridgehead atoms. The molecule has 0 saturated carbocycles. The van der Waals surface area contributed by atoms with Crippen molar-refractivity contribution >= 4 is 16.9 Å². The fraction of sp³-hybridized carbons (Fsp3) is 0.250. The molecule has 4 heteroatoms. The van der Waals surface area contributed by atoms with Crippen LogP contribution in [0.25, 0.3) is 11.0 Å². The minimum Gasteiger partial charge on any atom is -0.494 e. The monoisotopic (exact) mass is 220 g/mol. The Morgan fingerprint density at radius 1 is 1.44 bits per heavy atom. The van der Waals surface area contributed by atoms with Crippen molar-refractivity contribution in [2.75, 3.05) is 13.7 Å². The predicted molar refractivity (Wildman–Crippen MR) is 58.7 cm³/mol. The Kier molecular flexibility index (Phi) is 2.81. The Balaban J connectivity index is 2.51. The first-order valence-electron chi connectivity index (χ1n) is 4.98. The maximum Gasteiger partial charge on any atom is 0.341 e. The van der Waals surface area contributed by atoms with E-state index in [0.717, 1.165) is 0 Å². The van der Waals surface area contributed by atoms with Gasteiger partial charge >= 0.3 is 5.97 Å². The third-order valence-electron chi connectivity index (χ3n) is 2.26. The SMILES string of the molecule is CCOc1ccc2occ(C(=O)OC)c2c1. The van der Waals surface area contributed by atoms with Crippen molar-refractivity contribution < 1.29 is 18.7 Å². The fourth-order valence-electron chi connectivity index (χ4n) is 1.53. The van der Waals surface area contributed by atoms with Crippen LogP contribution in [0.3, 0.4) is 0 Å². The summed E-state index contributed by atoms with van der Waals surface area (Å²) >= 11 is 0. The van der Waals surface area contributed by atoms with Crippen molar-refractivity contribution in [3.8, 4) is 5.75 Å². The van der Waals surface area contributed by atoms with E-state index < -0.39 is 5.97 Å². The second-order valence-corrected chi connectivity index (χ2v) is 3.23. The number of hydrogen-bond donors (Lipinski definition) is 0. The van der Waals surface area contributed by atoms with E-state index >= 15 is 0 Å². The third-order valence-corrected chi connectivity index (χ3v) is 2.26. The quantitative estimate of drug-likeness (QED) is 0.746. The molecule has 0 N–H and O–H groups in total. The van der Waals surface area contributed by atoms with Crippen LogP contribution in [0, 0.1) is 0 Å². The first-order valence-corrected chi connectivity index (χ1v) is 4.98. The Labute approximate surface area is 92.8 Å². The van der Waals surface area contributed by atoms with Crippen LogP contribution >= 0.6 is 0 Å². The Morgan fingerprint density at radius 3 is 2.94 bits per heavy atom. The molecule has 1 aromatic heterocycles. The van der Waals surface area contributed by atoms with Crippen molar-refractivity contribution in [3.63, 3.8) is 0 Å². The molecule has 0 amide bonds. The van der Waals surface area contributed by atoms with Gasteiger partial charge in [0.1, 0.15) is 23.2 Å². The topological polar surface area (TPSA) is 48.7 Å². The van der Waals surface area contributed by atoms with Gasteiger partial charge in [-0.25, -0.2) is 4.79 Å². The van der Waals surface area contributed by atoms with Crippen molar-refractivity contribution in [1.29, 1.82) is 0 Å². The summed E-state index contributed by atoms with van der Waals surface area (Å²) in [5.74, 6) is 0.300. The van der Waals surface area contributed by atoms with Crippen molar-refractivity contribution in [2.24, 2.45) is 0 Å². The third kappa shape index (κ3) is 1.74.